The van der Waals surface area contributed by atoms with E-state index in [1.165, 1.54) is 11.1 Å². The van der Waals surface area contributed by atoms with Crippen molar-refractivity contribution in [2.75, 3.05) is 14.1 Å². The molecule has 0 aliphatic carbocycles. The zero-order valence-electron chi connectivity index (χ0n) is 11.6. The van der Waals surface area contributed by atoms with Gasteiger partial charge in [-0.1, -0.05) is 31.5 Å². The van der Waals surface area contributed by atoms with Crippen molar-refractivity contribution >= 4 is 21.6 Å². The van der Waals surface area contributed by atoms with Crippen LogP contribution in [0.5, 0.6) is 0 Å². The molecule has 0 aliphatic rings. The molecule has 0 atom stereocenters. The number of hydrogen-bond donors (Lipinski definition) is 2. The quantitative estimate of drug-likeness (QED) is 0.784. The van der Waals surface area contributed by atoms with E-state index in [9.17, 15) is 8.42 Å². The molecule has 0 amide bonds. The van der Waals surface area contributed by atoms with E-state index >= 15 is 0 Å². The first-order valence-corrected chi connectivity index (χ1v) is 7.80. The average molecular weight is 306 g/mol. The van der Waals surface area contributed by atoms with Crippen LogP contribution in [0, 0.1) is 0 Å². The van der Waals surface area contributed by atoms with Crippen LogP contribution < -0.4 is 10.1 Å². The molecule has 1 rings (SSSR count). The summed E-state index contributed by atoms with van der Waals surface area (Å²) in [5.41, 5.74) is 0.874. The van der Waals surface area contributed by atoms with Crippen molar-refractivity contribution in [3.05, 3.63) is 28.8 Å². The fourth-order valence-corrected chi connectivity index (χ4v) is 2.86. The standard InChI is InChI=1S/C12H20ClN3O2S/c1-9(2)14-8-10-5-6-11(7-12(10)13)19(17,18)15-16(3)4/h5-7,9,14-15H,8H2,1-4H3. The smallest absolute Gasteiger partial charge is 0.253 e. The van der Waals surface area contributed by atoms with E-state index in [-0.39, 0.29) is 4.90 Å². The van der Waals surface area contributed by atoms with Gasteiger partial charge in [-0.15, -0.1) is 4.83 Å². The maximum atomic E-state index is 11.9. The molecule has 0 saturated carbocycles. The second kappa shape index (κ2) is 6.67. The second-order valence-electron chi connectivity index (χ2n) is 4.78. The summed E-state index contributed by atoms with van der Waals surface area (Å²) in [4.78, 5) is 2.52. The molecule has 0 aromatic heterocycles. The highest BCUT2D eigenvalue weighted by atomic mass is 35.5. The van der Waals surface area contributed by atoms with Crippen molar-refractivity contribution in [3.8, 4) is 0 Å². The molecule has 0 spiro atoms. The summed E-state index contributed by atoms with van der Waals surface area (Å²) < 4.78 is 23.9. The second-order valence-corrected chi connectivity index (χ2v) is 6.85. The van der Waals surface area contributed by atoms with Gasteiger partial charge in [0.25, 0.3) is 10.0 Å². The van der Waals surface area contributed by atoms with E-state index in [0.717, 1.165) is 5.56 Å². The number of sulfonamides is 1. The summed E-state index contributed by atoms with van der Waals surface area (Å²) in [6, 6.07) is 5.08. The zero-order valence-corrected chi connectivity index (χ0v) is 13.1. The van der Waals surface area contributed by atoms with Crippen molar-refractivity contribution in [2.24, 2.45) is 0 Å². The summed E-state index contributed by atoms with van der Waals surface area (Å²) in [5.74, 6) is 0. The van der Waals surface area contributed by atoms with Crippen LogP contribution in [0.3, 0.4) is 0 Å². The molecule has 1 aromatic carbocycles. The lowest BCUT2D eigenvalue weighted by molar-refractivity contribution is 0.364. The number of nitrogens with zero attached hydrogens (tertiary/aromatic N) is 1. The zero-order chi connectivity index (χ0) is 14.6. The van der Waals surface area contributed by atoms with Crippen LogP contribution >= 0.6 is 11.6 Å². The Morgan fingerprint density at radius 1 is 1.32 bits per heavy atom. The third kappa shape index (κ3) is 5.08. The highest BCUT2D eigenvalue weighted by molar-refractivity contribution is 7.89. The van der Waals surface area contributed by atoms with Crippen LogP contribution in [0.4, 0.5) is 0 Å². The van der Waals surface area contributed by atoms with Crippen LogP contribution in [0.2, 0.25) is 5.02 Å². The number of halogens is 1. The van der Waals surface area contributed by atoms with Crippen LogP contribution in [0.25, 0.3) is 0 Å². The maximum absolute atomic E-state index is 11.9. The minimum absolute atomic E-state index is 0.152. The molecule has 0 saturated heterocycles. The third-order valence-electron chi connectivity index (χ3n) is 2.34. The van der Waals surface area contributed by atoms with Gasteiger partial charge in [0.05, 0.1) is 4.90 Å². The molecule has 0 unspecified atom stereocenters. The van der Waals surface area contributed by atoms with Gasteiger partial charge in [-0.2, -0.15) is 0 Å². The molecule has 19 heavy (non-hydrogen) atoms. The van der Waals surface area contributed by atoms with Gasteiger partial charge in [0.15, 0.2) is 0 Å². The van der Waals surface area contributed by atoms with Crippen molar-refractivity contribution < 1.29 is 8.42 Å². The Bertz CT molecular complexity index is 530. The summed E-state index contributed by atoms with van der Waals surface area (Å²) in [5, 5.41) is 5.05. The first-order chi connectivity index (χ1) is 8.72. The van der Waals surface area contributed by atoms with Gasteiger partial charge in [-0.25, -0.2) is 13.4 Å². The van der Waals surface area contributed by atoms with Gasteiger partial charge in [0.2, 0.25) is 0 Å². The Labute approximate surface area is 120 Å². The predicted molar refractivity (Wildman–Crippen MR) is 77.4 cm³/mol. The molecule has 0 fully saturated rings. The minimum Gasteiger partial charge on any atom is -0.310 e. The summed E-state index contributed by atoms with van der Waals surface area (Å²) in [6.45, 7) is 4.68. The molecule has 5 nitrogen and oxygen atoms in total. The van der Waals surface area contributed by atoms with Crippen molar-refractivity contribution in [1.29, 1.82) is 0 Å². The summed E-state index contributed by atoms with van der Waals surface area (Å²) >= 11 is 6.11. The van der Waals surface area contributed by atoms with Crippen LogP contribution in [0.15, 0.2) is 23.1 Å². The number of hydrogen-bond acceptors (Lipinski definition) is 4. The Morgan fingerprint density at radius 2 is 1.95 bits per heavy atom. The third-order valence-corrected chi connectivity index (χ3v) is 4.17. The van der Waals surface area contributed by atoms with E-state index in [2.05, 4.69) is 10.1 Å². The number of nitrogens with one attached hydrogen (secondary N) is 2. The van der Waals surface area contributed by atoms with Gasteiger partial charge in [0.1, 0.15) is 0 Å². The van der Waals surface area contributed by atoms with Gasteiger partial charge >= 0.3 is 0 Å². The van der Waals surface area contributed by atoms with Crippen molar-refractivity contribution in [3.63, 3.8) is 0 Å². The van der Waals surface area contributed by atoms with E-state index in [0.29, 0.717) is 17.6 Å². The number of hydrazine groups is 1. The van der Waals surface area contributed by atoms with E-state index in [4.69, 9.17) is 11.6 Å². The number of rotatable bonds is 6. The van der Waals surface area contributed by atoms with E-state index < -0.39 is 10.0 Å². The van der Waals surface area contributed by atoms with Gasteiger partial charge in [-0.05, 0) is 17.7 Å². The van der Waals surface area contributed by atoms with Crippen molar-refractivity contribution in [2.45, 2.75) is 31.3 Å². The van der Waals surface area contributed by atoms with Crippen LogP contribution in [-0.2, 0) is 16.6 Å². The van der Waals surface area contributed by atoms with E-state index in [1.807, 2.05) is 13.8 Å². The largest absolute Gasteiger partial charge is 0.310 e. The average Bonchev–Trinajstić information content (AvgIpc) is 2.25. The molecule has 108 valence electrons. The lowest BCUT2D eigenvalue weighted by Gasteiger charge is -2.14. The molecule has 1 aromatic rings. The highest BCUT2D eigenvalue weighted by Crippen LogP contribution is 2.21. The van der Waals surface area contributed by atoms with Gasteiger partial charge < -0.3 is 5.32 Å². The lowest BCUT2D eigenvalue weighted by atomic mass is 10.2. The minimum atomic E-state index is -3.56. The molecule has 0 aliphatic heterocycles. The predicted octanol–water partition coefficient (Wildman–Crippen LogP) is 1.59. The normalized spacial score (nSPS) is 12.4. The fourth-order valence-electron chi connectivity index (χ4n) is 1.45. The maximum Gasteiger partial charge on any atom is 0.253 e. The fraction of sp³-hybridized carbons (Fsp3) is 0.500. The van der Waals surface area contributed by atoms with Crippen LogP contribution in [0.1, 0.15) is 19.4 Å². The molecular weight excluding hydrogens is 286 g/mol. The Balaban J connectivity index is 2.93. The first-order valence-electron chi connectivity index (χ1n) is 5.94. The van der Waals surface area contributed by atoms with Gasteiger partial charge in [0, 0.05) is 31.7 Å². The topological polar surface area (TPSA) is 61.4 Å². The molecule has 0 bridgehead atoms. The Hall–Kier alpha value is -0.660. The van der Waals surface area contributed by atoms with Crippen LogP contribution in [-0.4, -0.2) is 33.6 Å². The monoisotopic (exact) mass is 305 g/mol. The summed E-state index contributed by atoms with van der Waals surface area (Å²) in [7, 11) is -0.337. The molecule has 2 N–H and O–H groups in total. The number of benzene rings is 1. The van der Waals surface area contributed by atoms with E-state index in [1.54, 1.807) is 26.2 Å². The molecule has 0 heterocycles. The lowest BCUT2D eigenvalue weighted by Crippen LogP contribution is -2.36. The van der Waals surface area contributed by atoms with Gasteiger partial charge in [-0.3, -0.25) is 0 Å². The van der Waals surface area contributed by atoms with Crippen molar-refractivity contribution in [1.82, 2.24) is 15.2 Å². The Morgan fingerprint density at radius 3 is 2.42 bits per heavy atom. The Kier molecular flexibility index (Phi) is 5.76. The molecule has 7 heteroatoms. The molecular formula is C12H20ClN3O2S. The first kappa shape index (κ1) is 16.4. The highest BCUT2D eigenvalue weighted by Gasteiger charge is 2.16. The summed E-state index contributed by atoms with van der Waals surface area (Å²) in [6.07, 6.45) is 0. The SMILES string of the molecule is CC(C)NCc1ccc(S(=O)(=O)NN(C)C)cc1Cl. The molecule has 0 radical (unpaired) electrons.